The van der Waals surface area contributed by atoms with Gasteiger partial charge in [0, 0.05) is 17.8 Å². The number of amides is 2. The van der Waals surface area contributed by atoms with Gasteiger partial charge in [0.1, 0.15) is 0 Å². The number of urea groups is 1. The second-order valence-corrected chi connectivity index (χ2v) is 4.97. The minimum absolute atomic E-state index is 0.0479. The van der Waals surface area contributed by atoms with E-state index < -0.39 is 17.0 Å². The van der Waals surface area contributed by atoms with Crippen molar-refractivity contribution in [1.82, 2.24) is 5.32 Å². The molecule has 2 aromatic carbocycles. The van der Waals surface area contributed by atoms with Crippen LogP contribution in [0.5, 0.6) is 0 Å². The van der Waals surface area contributed by atoms with Gasteiger partial charge in [-0.15, -0.1) is 0 Å². The van der Waals surface area contributed by atoms with Crippen molar-refractivity contribution >= 4 is 17.4 Å². The number of hydrogen-bond acceptors (Lipinski definition) is 4. The first-order valence-corrected chi connectivity index (χ1v) is 7.05. The second kappa shape index (κ2) is 7.90. The van der Waals surface area contributed by atoms with Gasteiger partial charge in [0.2, 0.25) is 0 Å². The quantitative estimate of drug-likeness (QED) is 0.562. The van der Waals surface area contributed by atoms with E-state index in [9.17, 15) is 20.0 Å². The molecule has 2 amide bonds. The maximum Gasteiger partial charge on any atom is 0.319 e. The SMILES string of the molecule is O=C(Nc1ccc([N+](=O)[O-])cc1)N[C@H](CO)Cc1ccccc1. The minimum Gasteiger partial charge on any atom is -0.394 e. The highest BCUT2D eigenvalue weighted by atomic mass is 16.6. The summed E-state index contributed by atoms with van der Waals surface area (Å²) >= 11 is 0. The number of rotatable bonds is 6. The van der Waals surface area contributed by atoms with Crippen molar-refractivity contribution in [2.45, 2.75) is 12.5 Å². The highest BCUT2D eigenvalue weighted by Crippen LogP contribution is 2.15. The molecule has 23 heavy (non-hydrogen) atoms. The number of carbonyl (C=O) groups is 1. The van der Waals surface area contributed by atoms with Gasteiger partial charge in [0.25, 0.3) is 5.69 Å². The summed E-state index contributed by atoms with van der Waals surface area (Å²) in [7, 11) is 0. The fraction of sp³-hybridized carbons (Fsp3) is 0.188. The topological polar surface area (TPSA) is 104 Å². The smallest absolute Gasteiger partial charge is 0.319 e. The molecule has 3 N–H and O–H groups in total. The number of nitrogens with one attached hydrogen (secondary N) is 2. The van der Waals surface area contributed by atoms with Crippen LogP contribution < -0.4 is 10.6 Å². The molecular formula is C16H17N3O4. The van der Waals surface area contributed by atoms with Gasteiger partial charge in [0.15, 0.2) is 0 Å². The number of nitro benzene ring substituents is 1. The Morgan fingerprint density at radius 2 is 1.78 bits per heavy atom. The molecule has 120 valence electrons. The van der Waals surface area contributed by atoms with Crippen LogP contribution in [0, 0.1) is 10.1 Å². The third kappa shape index (κ3) is 5.08. The zero-order valence-corrected chi connectivity index (χ0v) is 12.3. The van der Waals surface area contributed by atoms with Crippen LogP contribution in [0.4, 0.5) is 16.2 Å². The molecule has 2 rings (SSSR count). The number of carbonyl (C=O) groups excluding carboxylic acids is 1. The summed E-state index contributed by atoms with van der Waals surface area (Å²) in [5, 5.41) is 25.2. The monoisotopic (exact) mass is 315 g/mol. The Kier molecular flexibility index (Phi) is 5.65. The van der Waals surface area contributed by atoms with Crippen LogP contribution in [0.15, 0.2) is 54.6 Å². The molecule has 0 fully saturated rings. The van der Waals surface area contributed by atoms with Gasteiger partial charge in [-0.2, -0.15) is 0 Å². The largest absolute Gasteiger partial charge is 0.394 e. The highest BCUT2D eigenvalue weighted by molar-refractivity contribution is 5.89. The van der Waals surface area contributed by atoms with Gasteiger partial charge in [-0.05, 0) is 24.1 Å². The lowest BCUT2D eigenvalue weighted by Crippen LogP contribution is -2.41. The maximum atomic E-state index is 11.9. The van der Waals surface area contributed by atoms with Crippen molar-refractivity contribution in [3.05, 3.63) is 70.3 Å². The summed E-state index contributed by atoms with van der Waals surface area (Å²) in [4.78, 5) is 22.0. The van der Waals surface area contributed by atoms with Crippen molar-refractivity contribution in [2.24, 2.45) is 0 Å². The van der Waals surface area contributed by atoms with E-state index in [2.05, 4.69) is 10.6 Å². The average Bonchev–Trinajstić information content (AvgIpc) is 2.55. The molecule has 0 saturated heterocycles. The number of nitrogens with zero attached hydrogens (tertiary/aromatic N) is 1. The normalized spacial score (nSPS) is 11.5. The zero-order chi connectivity index (χ0) is 16.7. The Morgan fingerprint density at radius 3 is 2.35 bits per heavy atom. The predicted octanol–water partition coefficient (Wildman–Crippen LogP) is 2.32. The Hall–Kier alpha value is -2.93. The van der Waals surface area contributed by atoms with Crippen molar-refractivity contribution in [3.63, 3.8) is 0 Å². The number of aliphatic hydroxyl groups excluding tert-OH is 1. The summed E-state index contributed by atoms with van der Waals surface area (Å²) in [6.45, 7) is -0.192. The summed E-state index contributed by atoms with van der Waals surface area (Å²) < 4.78 is 0. The fourth-order valence-electron chi connectivity index (χ4n) is 2.08. The first kappa shape index (κ1) is 16.4. The van der Waals surface area contributed by atoms with Gasteiger partial charge in [-0.1, -0.05) is 30.3 Å². The van der Waals surface area contributed by atoms with Crippen molar-refractivity contribution in [2.75, 3.05) is 11.9 Å². The summed E-state index contributed by atoms with van der Waals surface area (Å²) in [6.07, 6.45) is 0.505. The van der Waals surface area contributed by atoms with Crippen LogP contribution in [0.3, 0.4) is 0 Å². The maximum absolute atomic E-state index is 11.9. The third-order valence-electron chi connectivity index (χ3n) is 3.22. The second-order valence-electron chi connectivity index (χ2n) is 4.97. The number of nitro groups is 1. The molecular weight excluding hydrogens is 298 g/mol. The summed E-state index contributed by atoms with van der Waals surface area (Å²) in [5.74, 6) is 0. The van der Waals surface area contributed by atoms with Crippen molar-refractivity contribution in [3.8, 4) is 0 Å². The molecule has 0 aliphatic carbocycles. The van der Waals surface area contributed by atoms with Crippen LogP contribution in [-0.4, -0.2) is 28.7 Å². The number of benzene rings is 2. The Labute approximate surface area is 133 Å². The standard InChI is InChI=1S/C16H17N3O4/c20-11-14(10-12-4-2-1-3-5-12)18-16(21)17-13-6-8-15(9-7-13)19(22)23/h1-9,14,20H,10-11H2,(H2,17,18,21)/t14-/m0/s1. The average molecular weight is 315 g/mol. The van der Waals surface area contributed by atoms with Crippen LogP contribution in [0.1, 0.15) is 5.56 Å². The molecule has 7 heteroatoms. The van der Waals surface area contributed by atoms with E-state index in [0.29, 0.717) is 12.1 Å². The third-order valence-corrected chi connectivity index (χ3v) is 3.22. The Balaban J connectivity index is 1.90. The molecule has 2 aromatic rings. The van der Waals surface area contributed by atoms with Crippen LogP contribution in [-0.2, 0) is 6.42 Å². The van der Waals surface area contributed by atoms with E-state index in [-0.39, 0.29) is 12.3 Å². The van der Waals surface area contributed by atoms with E-state index >= 15 is 0 Å². The predicted molar refractivity (Wildman–Crippen MR) is 86.3 cm³/mol. The fourth-order valence-corrected chi connectivity index (χ4v) is 2.08. The number of aliphatic hydroxyl groups is 1. The van der Waals surface area contributed by atoms with Crippen LogP contribution in [0.2, 0.25) is 0 Å². The molecule has 0 saturated carbocycles. The molecule has 0 aromatic heterocycles. The molecule has 1 atom stereocenters. The molecule has 0 aliphatic heterocycles. The molecule has 0 radical (unpaired) electrons. The Bertz CT molecular complexity index is 659. The molecule has 0 unspecified atom stereocenters. The van der Waals surface area contributed by atoms with Gasteiger partial charge >= 0.3 is 6.03 Å². The van der Waals surface area contributed by atoms with E-state index in [1.807, 2.05) is 30.3 Å². The summed E-state index contributed by atoms with van der Waals surface area (Å²) in [6, 6.07) is 14.1. The van der Waals surface area contributed by atoms with Crippen LogP contribution >= 0.6 is 0 Å². The van der Waals surface area contributed by atoms with Gasteiger partial charge in [-0.3, -0.25) is 10.1 Å². The number of anilines is 1. The van der Waals surface area contributed by atoms with Gasteiger partial charge in [0.05, 0.1) is 17.6 Å². The minimum atomic E-state index is -0.508. The highest BCUT2D eigenvalue weighted by Gasteiger charge is 2.12. The van der Waals surface area contributed by atoms with Crippen molar-refractivity contribution in [1.29, 1.82) is 0 Å². The first-order valence-electron chi connectivity index (χ1n) is 7.05. The van der Waals surface area contributed by atoms with Crippen LogP contribution in [0.25, 0.3) is 0 Å². The molecule has 0 bridgehead atoms. The van der Waals surface area contributed by atoms with Gasteiger partial charge in [-0.25, -0.2) is 4.79 Å². The lowest BCUT2D eigenvalue weighted by atomic mass is 10.1. The van der Waals surface area contributed by atoms with E-state index in [1.165, 1.54) is 24.3 Å². The van der Waals surface area contributed by atoms with E-state index in [4.69, 9.17) is 0 Å². The van der Waals surface area contributed by atoms with E-state index in [0.717, 1.165) is 5.56 Å². The van der Waals surface area contributed by atoms with Gasteiger partial charge < -0.3 is 15.7 Å². The summed E-state index contributed by atoms with van der Waals surface area (Å²) in [5.41, 5.74) is 1.39. The lowest BCUT2D eigenvalue weighted by molar-refractivity contribution is -0.384. The lowest BCUT2D eigenvalue weighted by Gasteiger charge is -2.17. The van der Waals surface area contributed by atoms with Crippen molar-refractivity contribution < 1.29 is 14.8 Å². The Morgan fingerprint density at radius 1 is 1.13 bits per heavy atom. The zero-order valence-electron chi connectivity index (χ0n) is 12.3. The number of hydrogen-bond donors (Lipinski definition) is 3. The van der Waals surface area contributed by atoms with E-state index in [1.54, 1.807) is 0 Å². The number of non-ortho nitro benzene ring substituents is 1. The molecule has 0 heterocycles. The molecule has 0 spiro atoms. The molecule has 0 aliphatic rings. The molecule has 7 nitrogen and oxygen atoms in total. The first-order chi connectivity index (χ1) is 11.1.